The Kier molecular flexibility index (Phi) is 5.28. The average molecular weight is 394 g/mol. The van der Waals surface area contributed by atoms with Gasteiger partial charge < -0.3 is 14.4 Å². The van der Waals surface area contributed by atoms with Crippen LogP contribution in [-0.4, -0.2) is 59.5 Å². The van der Waals surface area contributed by atoms with Crippen LogP contribution in [0.1, 0.15) is 35.4 Å². The summed E-state index contributed by atoms with van der Waals surface area (Å²) in [6, 6.07) is 12.3. The Bertz CT molecular complexity index is 1070. The Hall–Kier alpha value is -2.86. The Morgan fingerprint density at radius 3 is 2.72 bits per heavy atom. The summed E-state index contributed by atoms with van der Waals surface area (Å²) in [6.07, 6.45) is 2.50. The summed E-state index contributed by atoms with van der Waals surface area (Å²) in [5.41, 5.74) is 1.64. The predicted octanol–water partition coefficient (Wildman–Crippen LogP) is 3.91. The molecule has 2 aromatic carbocycles. The van der Waals surface area contributed by atoms with Crippen molar-refractivity contribution in [2.24, 2.45) is 0 Å². The molecule has 3 aromatic rings. The number of likely N-dealkylation sites (N-methyl/N-ethyl adjacent to an activating group) is 1. The molecule has 29 heavy (non-hydrogen) atoms. The minimum absolute atomic E-state index is 0.0222. The minimum Gasteiger partial charge on any atom is -0.480 e. The fourth-order valence-electron chi connectivity index (χ4n) is 4.36. The lowest BCUT2D eigenvalue weighted by molar-refractivity contribution is -0.138. The van der Waals surface area contributed by atoms with Crippen LogP contribution < -0.4 is 0 Å². The number of likely N-dealkylation sites (tertiary alicyclic amines) is 1. The van der Waals surface area contributed by atoms with E-state index >= 15 is 0 Å². The van der Waals surface area contributed by atoms with Crippen molar-refractivity contribution in [2.45, 2.75) is 32.2 Å². The summed E-state index contributed by atoms with van der Waals surface area (Å²) >= 11 is 0. The normalized spacial score (nSPS) is 17.8. The molecule has 6 nitrogen and oxygen atoms in total. The van der Waals surface area contributed by atoms with Gasteiger partial charge in [0, 0.05) is 35.5 Å². The van der Waals surface area contributed by atoms with Gasteiger partial charge in [-0.25, -0.2) is 0 Å². The zero-order chi connectivity index (χ0) is 20.5. The molecule has 1 fully saturated rings. The molecule has 152 valence electrons. The largest absolute Gasteiger partial charge is 0.480 e. The van der Waals surface area contributed by atoms with E-state index in [0.29, 0.717) is 18.8 Å². The smallest absolute Gasteiger partial charge is 0.317 e. The van der Waals surface area contributed by atoms with Crippen molar-refractivity contribution in [3.05, 3.63) is 47.7 Å². The Morgan fingerprint density at radius 2 is 1.93 bits per heavy atom. The first-order valence-corrected chi connectivity index (χ1v) is 10.1. The van der Waals surface area contributed by atoms with Crippen molar-refractivity contribution >= 4 is 33.6 Å². The number of aryl methyl sites for hydroxylation is 1. The van der Waals surface area contributed by atoms with Crippen LogP contribution in [0.3, 0.4) is 0 Å². The maximum atomic E-state index is 13.3. The highest BCUT2D eigenvalue weighted by atomic mass is 16.4. The number of aliphatic carboxylic acids is 1. The number of furan rings is 1. The number of rotatable bonds is 4. The maximum absolute atomic E-state index is 13.3. The molecule has 0 saturated carbocycles. The molecule has 2 heterocycles. The molecule has 1 amide bonds. The van der Waals surface area contributed by atoms with Gasteiger partial charge in [-0.1, -0.05) is 36.4 Å². The first kappa shape index (κ1) is 19.5. The standard InChI is InChI=1S/C23H26N2O4/c1-15-18-10-9-16-6-3-4-8-19(16)22(18)29-21(15)23(28)25-12-5-7-17(11-13-25)24(2)14-20(26)27/h3-4,6,8-10,17H,5,7,11-14H2,1-2H3,(H,26,27). The number of amides is 1. The summed E-state index contributed by atoms with van der Waals surface area (Å²) < 4.78 is 6.12. The van der Waals surface area contributed by atoms with E-state index in [1.165, 1.54) is 0 Å². The van der Waals surface area contributed by atoms with Crippen molar-refractivity contribution in [3.8, 4) is 0 Å². The molecule has 4 rings (SSSR count). The van der Waals surface area contributed by atoms with Crippen LogP contribution >= 0.6 is 0 Å². The van der Waals surface area contributed by atoms with Crippen molar-refractivity contribution in [1.82, 2.24) is 9.80 Å². The van der Waals surface area contributed by atoms with E-state index in [1.54, 1.807) is 0 Å². The minimum atomic E-state index is -0.824. The molecular weight excluding hydrogens is 368 g/mol. The fourth-order valence-corrected chi connectivity index (χ4v) is 4.36. The summed E-state index contributed by atoms with van der Waals surface area (Å²) in [7, 11) is 1.84. The van der Waals surface area contributed by atoms with Crippen LogP contribution in [0, 0.1) is 6.92 Å². The van der Waals surface area contributed by atoms with Gasteiger partial charge in [-0.2, -0.15) is 0 Å². The van der Waals surface area contributed by atoms with Gasteiger partial charge in [-0.15, -0.1) is 0 Å². The van der Waals surface area contributed by atoms with E-state index in [4.69, 9.17) is 9.52 Å². The zero-order valence-electron chi connectivity index (χ0n) is 16.9. The van der Waals surface area contributed by atoms with Crippen LogP contribution in [0.5, 0.6) is 0 Å². The lowest BCUT2D eigenvalue weighted by Gasteiger charge is -2.25. The second kappa shape index (κ2) is 7.87. The zero-order valence-corrected chi connectivity index (χ0v) is 16.9. The van der Waals surface area contributed by atoms with Gasteiger partial charge >= 0.3 is 5.97 Å². The van der Waals surface area contributed by atoms with Crippen molar-refractivity contribution in [1.29, 1.82) is 0 Å². The van der Waals surface area contributed by atoms with Gasteiger partial charge in [0.1, 0.15) is 5.58 Å². The first-order valence-electron chi connectivity index (χ1n) is 10.1. The number of hydrogen-bond acceptors (Lipinski definition) is 4. The lowest BCUT2D eigenvalue weighted by Crippen LogP contribution is -2.37. The second-order valence-electron chi connectivity index (χ2n) is 7.91. The van der Waals surface area contributed by atoms with E-state index in [0.717, 1.165) is 46.6 Å². The van der Waals surface area contributed by atoms with E-state index < -0.39 is 5.97 Å². The van der Waals surface area contributed by atoms with Crippen LogP contribution in [-0.2, 0) is 4.79 Å². The first-order chi connectivity index (χ1) is 14.0. The highest BCUT2D eigenvalue weighted by Gasteiger charge is 2.28. The van der Waals surface area contributed by atoms with Gasteiger partial charge in [0.15, 0.2) is 5.76 Å². The van der Waals surface area contributed by atoms with Crippen LogP contribution in [0.15, 0.2) is 40.8 Å². The van der Waals surface area contributed by atoms with E-state index in [9.17, 15) is 9.59 Å². The highest BCUT2D eigenvalue weighted by Crippen LogP contribution is 2.32. The van der Waals surface area contributed by atoms with E-state index in [1.807, 2.05) is 54.1 Å². The van der Waals surface area contributed by atoms with Crippen molar-refractivity contribution < 1.29 is 19.1 Å². The van der Waals surface area contributed by atoms with Gasteiger partial charge in [-0.05, 0) is 38.6 Å². The number of nitrogens with zero attached hydrogens (tertiary/aromatic N) is 2. The van der Waals surface area contributed by atoms with Gasteiger partial charge in [0.2, 0.25) is 0 Å². The monoisotopic (exact) mass is 394 g/mol. The second-order valence-corrected chi connectivity index (χ2v) is 7.91. The summed E-state index contributed by atoms with van der Waals surface area (Å²) in [5.74, 6) is -0.493. The molecule has 6 heteroatoms. The number of carbonyl (C=O) groups excluding carboxylic acids is 1. The van der Waals surface area contributed by atoms with Gasteiger partial charge in [0.05, 0.1) is 6.54 Å². The van der Waals surface area contributed by atoms with Crippen molar-refractivity contribution in [3.63, 3.8) is 0 Å². The molecule has 1 unspecified atom stereocenters. The summed E-state index contributed by atoms with van der Waals surface area (Å²) in [5, 5.41) is 12.1. The molecule has 1 atom stereocenters. The molecule has 1 aliphatic rings. The third-order valence-electron chi connectivity index (χ3n) is 6.02. The molecule has 1 saturated heterocycles. The number of fused-ring (bicyclic) bond motifs is 3. The third kappa shape index (κ3) is 3.72. The summed E-state index contributed by atoms with van der Waals surface area (Å²) in [4.78, 5) is 28.0. The van der Waals surface area contributed by atoms with E-state index in [-0.39, 0.29) is 18.5 Å². The lowest BCUT2D eigenvalue weighted by atomic mass is 10.1. The number of carboxylic acid groups (broad SMARTS) is 1. The van der Waals surface area contributed by atoms with Gasteiger partial charge in [-0.3, -0.25) is 14.5 Å². The van der Waals surface area contributed by atoms with Gasteiger partial charge in [0.25, 0.3) is 5.91 Å². The molecule has 0 bridgehead atoms. The molecule has 0 spiro atoms. The number of carboxylic acids is 1. The highest BCUT2D eigenvalue weighted by molar-refractivity contribution is 6.08. The topological polar surface area (TPSA) is 74.0 Å². The Morgan fingerprint density at radius 1 is 1.14 bits per heavy atom. The van der Waals surface area contributed by atoms with Crippen LogP contribution in [0.25, 0.3) is 21.7 Å². The molecule has 0 radical (unpaired) electrons. The summed E-state index contributed by atoms with van der Waals surface area (Å²) in [6.45, 7) is 3.22. The van der Waals surface area contributed by atoms with Crippen molar-refractivity contribution in [2.75, 3.05) is 26.7 Å². The van der Waals surface area contributed by atoms with Crippen LogP contribution in [0.2, 0.25) is 0 Å². The molecular formula is C23H26N2O4. The third-order valence-corrected chi connectivity index (χ3v) is 6.02. The predicted molar refractivity (Wildman–Crippen MR) is 112 cm³/mol. The Balaban J connectivity index is 1.58. The molecule has 1 aliphatic heterocycles. The SMILES string of the molecule is Cc1c(C(=O)N2CCCC(N(C)CC(=O)O)CC2)oc2c1ccc1ccccc12. The Labute approximate surface area is 169 Å². The number of carbonyl (C=O) groups is 2. The maximum Gasteiger partial charge on any atom is 0.317 e. The average Bonchev–Trinajstić information content (AvgIpc) is 2.88. The quantitative estimate of drug-likeness (QED) is 0.726. The number of benzene rings is 2. The molecule has 1 aromatic heterocycles. The fraction of sp³-hybridized carbons (Fsp3) is 0.391. The molecule has 0 aliphatic carbocycles. The van der Waals surface area contributed by atoms with E-state index in [2.05, 4.69) is 6.07 Å². The number of hydrogen-bond donors (Lipinski definition) is 1. The van der Waals surface area contributed by atoms with Crippen LogP contribution in [0.4, 0.5) is 0 Å². The molecule has 1 N–H and O–H groups in total.